The number of likely N-dealkylation sites (N-methyl/N-ethyl adjacent to an activating group) is 1. The molecule has 6 heteroatoms. The van der Waals surface area contributed by atoms with E-state index in [0.29, 0.717) is 6.42 Å². The van der Waals surface area contributed by atoms with E-state index in [-0.39, 0.29) is 11.9 Å². The molecule has 0 saturated carbocycles. The van der Waals surface area contributed by atoms with Gasteiger partial charge in [0, 0.05) is 33.1 Å². The van der Waals surface area contributed by atoms with Gasteiger partial charge >= 0.3 is 6.03 Å². The maximum Gasteiger partial charge on any atom is 0.319 e. The quantitative estimate of drug-likeness (QED) is 0.288. The first-order valence-electron chi connectivity index (χ1n) is 5.64. The van der Waals surface area contributed by atoms with Gasteiger partial charge in [0.05, 0.1) is 0 Å². The van der Waals surface area contributed by atoms with Gasteiger partial charge in [-0.25, -0.2) is 10.6 Å². The third-order valence-electron chi connectivity index (χ3n) is 2.80. The highest BCUT2D eigenvalue weighted by atomic mass is 16.2. The maximum absolute atomic E-state index is 11.5. The highest BCUT2D eigenvalue weighted by molar-refractivity contribution is 5.76. The van der Waals surface area contributed by atoms with Crippen LogP contribution in [0.4, 0.5) is 4.79 Å². The van der Waals surface area contributed by atoms with Crippen LogP contribution in [-0.2, 0) is 4.79 Å². The van der Waals surface area contributed by atoms with Crippen LogP contribution >= 0.6 is 0 Å². The molecule has 3 N–H and O–H groups in total. The molecule has 0 aromatic heterocycles. The molecule has 0 bridgehead atoms. The molecule has 0 aromatic carbocycles. The van der Waals surface area contributed by atoms with Crippen LogP contribution < -0.4 is 11.3 Å². The summed E-state index contributed by atoms with van der Waals surface area (Å²) in [7, 11) is 1.81. The van der Waals surface area contributed by atoms with Crippen LogP contribution in [0.25, 0.3) is 0 Å². The number of unbranched alkanes of at least 4 members (excludes halogenated alkanes) is 2. The van der Waals surface area contributed by atoms with Crippen molar-refractivity contribution in [2.45, 2.75) is 25.7 Å². The average molecular weight is 228 g/mol. The van der Waals surface area contributed by atoms with Crippen LogP contribution in [0.1, 0.15) is 25.7 Å². The number of nitrogens with two attached hydrogens (primary N) is 1. The molecule has 0 spiro atoms. The lowest BCUT2D eigenvalue weighted by molar-refractivity contribution is -0.121. The van der Waals surface area contributed by atoms with Crippen molar-refractivity contribution in [2.24, 2.45) is 5.84 Å². The van der Waals surface area contributed by atoms with Crippen molar-refractivity contribution in [3.63, 3.8) is 0 Å². The van der Waals surface area contributed by atoms with Crippen molar-refractivity contribution in [3.8, 4) is 0 Å². The van der Waals surface area contributed by atoms with Gasteiger partial charge in [-0.05, 0) is 12.8 Å². The Morgan fingerprint density at radius 1 is 1.38 bits per heavy atom. The SMILES string of the molecule is CN1CCN(CCCCCC(=O)NN)C1=O. The molecule has 0 radical (unpaired) electrons. The van der Waals surface area contributed by atoms with E-state index in [9.17, 15) is 9.59 Å². The van der Waals surface area contributed by atoms with E-state index in [1.165, 1.54) is 0 Å². The maximum atomic E-state index is 11.5. The second-order valence-corrected chi connectivity index (χ2v) is 4.07. The lowest BCUT2D eigenvalue weighted by Gasteiger charge is -2.15. The monoisotopic (exact) mass is 228 g/mol. The van der Waals surface area contributed by atoms with E-state index >= 15 is 0 Å². The van der Waals surface area contributed by atoms with Crippen LogP contribution in [0.15, 0.2) is 0 Å². The lowest BCUT2D eigenvalue weighted by Crippen LogP contribution is -2.30. The third-order valence-corrected chi connectivity index (χ3v) is 2.80. The normalized spacial score (nSPS) is 15.8. The molecule has 6 nitrogen and oxygen atoms in total. The fourth-order valence-electron chi connectivity index (χ4n) is 1.75. The summed E-state index contributed by atoms with van der Waals surface area (Å²) in [4.78, 5) is 25.9. The Morgan fingerprint density at radius 3 is 2.69 bits per heavy atom. The first-order valence-corrected chi connectivity index (χ1v) is 5.64. The van der Waals surface area contributed by atoms with E-state index in [4.69, 9.17) is 5.84 Å². The first kappa shape index (κ1) is 12.8. The molecule has 1 aliphatic rings. The van der Waals surface area contributed by atoms with Gasteiger partial charge in [-0.15, -0.1) is 0 Å². The van der Waals surface area contributed by atoms with E-state index < -0.39 is 0 Å². The Kier molecular flexibility index (Phi) is 5.04. The summed E-state index contributed by atoms with van der Waals surface area (Å²) in [6.07, 6.45) is 3.17. The predicted octanol–water partition coefficient (Wildman–Crippen LogP) is -0.0959. The molecule has 1 aliphatic heterocycles. The number of hydrogen-bond donors (Lipinski definition) is 2. The number of nitrogens with zero attached hydrogens (tertiary/aromatic N) is 2. The summed E-state index contributed by atoms with van der Waals surface area (Å²) < 4.78 is 0. The van der Waals surface area contributed by atoms with Gasteiger partial charge in [0.1, 0.15) is 0 Å². The fraction of sp³-hybridized carbons (Fsp3) is 0.800. The molecule has 0 unspecified atom stereocenters. The van der Waals surface area contributed by atoms with Crippen molar-refractivity contribution in [1.29, 1.82) is 0 Å². The van der Waals surface area contributed by atoms with Crippen LogP contribution in [0.3, 0.4) is 0 Å². The fourth-order valence-corrected chi connectivity index (χ4v) is 1.75. The standard InChI is InChI=1S/C10H20N4O2/c1-13-7-8-14(10(13)16)6-4-2-3-5-9(15)12-11/h2-8,11H2,1H3,(H,12,15). The molecule has 1 rings (SSSR count). The zero-order valence-electron chi connectivity index (χ0n) is 9.74. The summed E-state index contributed by atoms with van der Waals surface area (Å²) in [5.74, 6) is 4.83. The average Bonchev–Trinajstić information content (AvgIpc) is 2.60. The molecule has 1 fully saturated rings. The molecule has 0 aliphatic carbocycles. The Bertz CT molecular complexity index is 257. The Hall–Kier alpha value is -1.30. The van der Waals surface area contributed by atoms with Crippen LogP contribution in [0.2, 0.25) is 0 Å². The van der Waals surface area contributed by atoms with E-state index in [0.717, 1.165) is 38.9 Å². The molecule has 92 valence electrons. The molecule has 0 atom stereocenters. The smallest absolute Gasteiger partial charge is 0.319 e. The van der Waals surface area contributed by atoms with Gasteiger partial charge in [-0.3, -0.25) is 10.2 Å². The number of nitrogens with one attached hydrogen (secondary N) is 1. The van der Waals surface area contributed by atoms with Crippen molar-refractivity contribution in [2.75, 3.05) is 26.7 Å². The molecule has 3 amide bonds. The highest BCUT2D eigenvalue weighted by Crippen LogP contribution is 2.08. The molecule has 1 heterocycles. The summed E-state index contributed by atoms with van der Waals surface area (Å²) in [5, 5.41) is 0. The molecule has 16 heavy (non-hydrogen) atoms. The number of amides is 3. The Labute approximate surface area is 95.7 Å². The minimum absolute atomic E-state index is 0.111. The second kappa shape index (κ2) is 6.32. The number of carbonyl (C=O) groups excluding carboxylic acids is 2. The minimum atomic E-state index is -0.128. The van der Waals surface area contributed by atoms with E-state index in [1.54, 1.807) is 4.90 Å². The molecular weight excluding hydrogens is 208 g/mol. The summed E-state index contributed by atoms with van der Waals surface area (Å²) in [5.41, 5.74) is 2.10. The van der Waals surface area contributed by atoms with Crippen LogP contribution in [0.5, 0.6) is 0 Å². The van der Waals surface area contributed by atoms with E-state index in [2.05, 4.69) is 5.43 Å². The summed E-state index contributed by atoms with van der Waals surface area (Å²) in [6.45, 7) is 2.42. The topological polar surface area (TPSA) is 78.7 Å². The zero-order valence-corrected chi connectivity index (χ0v) is 9.74. The minimum Gasteiger partial charge on any atom is -0.326 e. The summed E-state index contributed by atoms with van der Waals surface area (Å²) >= 11 is 0. The van der Waals surface area contributed by atoms with Crippen LogP contribution in [0, 0.1) is 0 Å². The van der Waals surface area contributed by atoms with Gasteiger partial charge in [0.25, 0.3) is 0 Å². The van der Waals surface area contributed by atoms with Gasteiger partial charge in [-0.1, -0.05) is 6.42 Å². The van der Waals surface area contributed by atoms with Crippen LogP contribution in [-0.4, -0.2) is 48.4 Å². The first-order chi connectivity index (χ1) is 7.65. The highest BCUT2D eigenvalue weighted by Gasteiger charge is 2.24. The molecule has 0 aromatic rings. The largest absolute Gasteiger partial charge is 0.326 e. The van der Waals surface area contributed by atoms with Crippen molar-refractivity contribution in [1.82, 2.24) is 15.2 Å². The van der Waals surface area contributed by atoms with Crippen molar-refractivity contribution >= 4 is 11.9 Å². The van der Waals surface area contributed by atoms with Gasteiger partial charge in [-0.2, -0.15) is 0 Å². The van der Waals surface area contributed by atoms with Gasteiger partial charge < -0.3 is 9.80 Å². The number of hydrazine groups is 1. The number of rotatable bonds is 6. The van der Waals surface area contributed by atoms with Crippen molar-refractivity contribution < 1.29 is 9.59 Å². The third kappa shape index (κ3) is 3.69. The van der Waals surface area contributed by atoms with E-state index in [1.807, 2.05) is 11.9 Å². The van der Waals surface area contributed by atoms with Gasteiger partial charge in [0.15, 0.2) is 0 Å². The number of hydrogen-bond acceptors (Lipinski definition) is 3. The molecular formula is C10H20N4O2. The van der Waals surface area contributed by atoms with Crippen molar-refractivity contribution in [3.05, 3.63) is 0 Å². The van der Waals surface area contributed by atoms with Gasteiger partial charge in [0.2, 0.25) is 5.91 Å². The lowest BCUT2D eigenvalue weighted by atomic mass is 10.2. The molecule has 1 saturated heterocycles. The Morgan fingerprint density at radius 2 is 2.12 bits per heavy atom. The second-order valence-electron chi connectivity index (χ2n) is 4.07. The zero-order chi connectivity index (χ0) is 12.0. The number of carbonyl (C=O) groups is 2. The predicted molar refractivity (Wildman–Crippen MR) is 60.4 cm³/mol. The Balaban J connectivity index is 2.03. The summed E-state index contributed by atoms with van der Waals surface area (Å²) in [6, 6.07) is 0.111. The number of urea groups is 1.